The predicted molar refractivity (Wildman–Crippen MR) is 91.9 cm³/mol. The Labute approximate surface area is 151 Å². The molecule has 3 aromatic rings. The number of pyridine rings is 1. The normalized spacial score (nSPS) is 10.5. The van der Waals surface area contributed by atoms with Crippen LogP contribution in [0.1, 0.15) is 16.1 Å². The lowest BCUT2D eigenvalue weighted by atomic mass is 10.2. The fraction of sp³-hybridized carbons (Fsp3) is 0.125. The zero-order valence-corrected chi connectivity index (χ0v) is 14.2. The van der Waals surface area contributed by atoms with Gasteiger partial charge in [0.1, 0.15) is 12.3 Å². The average molecular weight is 377 g/mol. The van der Waals surface area contributed by atoms with Gasteiger partial charge in [-0.15, -0.1) is 0 Å². The topological polar surface area (TPSA) is 119 Å². The van der Waals surface area contributed by atoms with Crippen LogP contribution in [0.3, 0.4) is 0 Å². The molecule has 1 aromatic carbocycles. The average Bonchev–Trinajstić information content (AvgIpc) is 2.98. The third-order valence-corrected chi connectivity index (χ3v) is 3.77. The number of H-pyrrole nitrogens is 2. The van der Waals surface area contributed by atoms with E-state index >= 15 is 0 Å². The molecule has 26 heavy (non-hydrogen) atoms. The molecule has 2 N–H and O–H groups in total. The fourth-order valence-electron chi connectivity index (χ4n) is 2.26. The summed E-state index contributed by atoms with van der Waals surface area (Å²) in [4.78, 5) is 41.0. The number of benzene rings is 1. The first-order valence-electron chi connectivity index (χ1n) is 7.36. The molecule has 0 spiro atoms. The van der Waals surface area contributed by atoms with Crippen LogP contribution in [0.15, 0.2) is 46.1 Å². The van der Waals surface area contributed by atoms with Gasteiger partial charge in [0.25, 0.3) is 0 Å². The molecule has 0 saturated heterocycles. The van der Waals surface area contributed by atoms with Crippen LogP contribution in [0, 0.1) is 0 Å². The second-order valence-corrected chi connectivity index (χ2v) is 5.51. The molecule has 0 aliphatic heterocycles. The van der Waals surface area contributed by atoms with Crippen molar-refractivity contribution in [2.24, 2.45) is 0 Å². The molecule has 9 nitrogen and oxygen atoms in total. The van der Waals surface area contributed by atoms with E-state index in [-0.39, 0.29) is 12.2 Å². The van der Waals surface area contributed by atoms with Gasteiger partial charge in [0, 0.05) is 6.20 Å². The van der Waals surface area contributed by atoms with E-state index in [0.717, 1.165) is 4.68 Å². The quantitative estimate of drug-likeness (QED) is 0.647. The number of carbonyl (C=O) groups excluding carboxylic acids is 1. The Morgan fingerprint density at radius 1 is 1.23 bits per heavy atom. The lowest BCUT2D eigenvalue weighted by Crippen LogP contribution is -2.16. The number of aromatic amines is 2. The van der Waals surface area contributed by atoms with E-state index in [4.69, 9.17) is 21.1 Å². The van der Waals surface area contributed by atoms with Crippen LogP contribution in [0.5, 0.6) is 5.75 Å². The van der Waals surface area contributed by atoms with Gasteiger partial charge in [-0.1, -0.05) is 11.6 Å². The molecule has 134 valence electrons. The van der Waals surface area contributed by atoms with Crippen molar-refractivity contribution >= 4 is 17.6 Å². The highest BCUT2D eigenvalue weighted by molar-refractivity contribution is 6.32. The molecule has 0 saturated carbocycles. The molecule has 0 fully saturated rings. The van der Waals surface area contributed by atoms with Crippen LogP contribution in [0.2, 0.25) is 5.02 Å². The van der Waals surface area contributed by atoms with Crippen LogP contribution in [0.25, 0.3) is 5.69 Å². The Kier molecular flexibility index (Phi) is 4.90. The maximum atomic E-state index is 12.2. The Balaban J connectivity index is 1.73. The zero-order chi connectivity index (χ0) is 18.7. The van der Waals surface area contributed by atoms with E-state index in [0.29, 0.717) is 22.2 Å². The van der Waals surface area contributed by atoms with E-state index in [1.807, 2.05) is 0 Å². The van der Waals surface area contributed by atoms with Crippen molar-refractivity contribution < 1.29 is 14.3 Å². The first kappa shape index (κ1) is 17.5. The van der Waals surface area contributed by atoms with Gasteiger partial charge in [-0.2, -0.15) is 0 Å². The van der Waals surface area contributed by atoms with Gasteiger partial charge in [-0.05, 0) is 30.3 Å². The molecule has 0 aliphatic rings. The number of methoxy groups -OCH3 is 1. The van der Waals surface area contributed by atoms with Crippen LogP contribution >= 0.6 is 11.6 Å². The van der Waals surface area contributed by atoms with Crippen LogP contribution in [0.4, 0.5) is 0 Å². The lowest BCUT2D eigenvalue weighted by molar-refractivity contribution is 0.0465. The van der Waals surface area contributed by atoms with Gasteiger partial charge in [0.15, 0.2) is 5.75 Å². The van der Waals surface area contributed by atoms with Gasteiger partial charge in [0.2, 0.25) is 0 Å². The summed E-state index contributed by atoms with van der Waals surface area (Å²) in [6.07, 6.45) is 1.48. The van der Waals surface area contributed by atoms with E-state index in [2.05, 4.69) is 15.1 Å². The molecular formula is C16H13ClN4O5. The highest BCUT2D eigenvalue weighted by Crippen LogP contribution is 2.27. The third kappa shape index (κ3) is 3.52. The van der Waals surface area contributed by atoms with Gasteiger partial charge < -0.3 is 9.47 Å². The SMILES string of the molecule is COc1c(Cl)ccnc1COC(=O)c1ccc(-n2[nH]c(=O)[nH]c2=O)cc1. The Morgan fingerprint density at radius 3 is 2.58 bits per heavy atom. The van der Waals surface area contributed by atoms with E-state index in [9.17, 15) is 14.4 Å². The third-order valence-electron chi connectivity index (χ3n) is 3.47. The van der Waals surface area contributed by atoms with E-state index < -0.39 is 17.3 Å². The van der Waals surface area contributed by atoms with Gasteiger partial charge >= 0.3 is 17.3 Å². The second kappa shape index (κ2) is 7.28. The van der Waals surface area contributed by atoms with Crippen molar-refractivity contribution in [1.82, 2.24) is 19.7 Å². The largest absolute Gasteiger partial charge is 0.493 e. The van der Waals surface area contributed by atoms with Crippen LogP contribution < -0.4 is 16.1 Å². The standard InChI is InChI=1S/C16H13ClN4O5/c1-25-13-11(17)6-7-18-12(13)8-26-14(22)9-2-4-10(5-3-9)21-16(24)19-15(23)20-21/h2-7H,8H2,1H3,(H2,19,20,23,24). The molecule has 0 atom stereocenters. The smallest absolute Gasteiger partial charge is 0.349 e. The summed E-state index contributed by atoms with van der Waals surface area (Å²) in [5.74, 6) is -0.247. The number of rotatable bonds is 5. The first-order chi connectivity index (χ1) is 12.5. The maximum absolute atomic E-state index is 12.2. The molecule has 3 rings (SSSR count). The molecule has 0 unspecified atom stereocenters. The van der Waals surface area contributed by atoms with Gasteiger partial charge in [-0.3, -0.25) is 9.97 Å². The molecular weight excluding hydrogens is 364 g/mol. The minimum absolute atomic E-state index is 0.116. The number of aromatic nitrogens is 4. The predicted octanol–water partition coefficient (Wildman–Crippen LogP) is 1.27. The molecule has 0 radical (unpaired) electrons. The van der Waals surface area contributed by atoms with Crippen molar-refractivity contribution in [3.63, 3.8) is 0 Å². The monoisotopic (exact) mass is 376 g/mol. The van der Waals surface area contributed by atoms with E-state index in [1.165, 1.54) is 37.6 Å². The molecule has 2 heterocycles. The summed E-state index contributed by atoms with van der Waals surface area (Å²) < 4.78 is 11.4. The molecule has 0 amide bonds. The van der Waals surface area contributed by atoms with Crippen molar-refractivity contribution in [1.29, 1.82) is 0 Å². The summed E-state index contributed by atoms with van der Waals surface area (Å²) in [5, 5.41) is 2.68. The number of hydrogen-bond donors (Lipinski definition) is 2. The highest BCUT2D eigenvalue weighted by Gasteiger charge is 2.13. The lowest BCUT2D eigenvalue weighted by Gasteiger charge is -2.10. The zero-order valence-electron chi connectivity index (χ0n) is 13.5. The van der Waals surface area contributed by atoms with Crippen LogP contribution in [-0.4, -0.2) is 32.8 Å². The number of esters is 1. The number of halogens is 1. The number of nitrogens with one attached hydrogen (secondary N) is 2. The number of nitrogens with zero attached hydrogens (tertiary/aromatic N) is 2. The van der Waals surface area contributed by atoms with Crippen molar-refractivity contribution in [2.45, 2.75) is 6.61 Å². The first-order valence-corrected chi connectivity index (χ1v) is 7.73. The Hall–Kier alpha value is -3.33. The summed E-state index contributed by atoms with van der Waals surface area (Å²) in [5.41, 5.74) is -0.184. The molecule has 2 aromatic heterocycles. The summed E-state index contributed by atoms with van der Waals surface area (Å²) in [6.45, 7) is -0.116. The minimum Gasteiger partial charge on any atom is -0.493 e. The van der Waals surface area contributed by atoms with Crippen molar-refractivity contribution in [2.75, 3.05) is 7.11 Å². The molecule has 0 bridgehead atoms. The summed E-state index contributed by atoms with van der Waals surface area (Å²) in [7, 11) is 1.44. The Morgan fingerprint density at radius 2 is 1.96 bits per heavy atom. The summed E-state index contributed by atoms with van der Waals surface area (Å²) >= 11 is 5.99. The van der Waals surface area contributed by atoms with Gasteiger partial charge in [0.05, 0.1) is 23.4 Å². The van der Waals surface area contributed by atoms with Crippen LogP contribution in [-0.2, 0) is 11.3 Å². The molecule has 0 aliphatic carbocycles. The second-order valence-electron chi connectivity index (χ2n) is 5.10. The number of ether oxygens (including phenoxy) is 2. The Bertz CT molecular complexity index is 1050. The van der Waals surface area contributed by atoms with Crippen molar-refractivity contribution in [3.8, 4) is 11.4 Å². The number of hydrogen-bond acceptors (Lipinski definition) is 6. The minimum atomic E-state index is -0.624. The molecule has 10 heteroatoms. The maximum Gasteiger partial charge on any atom is 0.349 e. The van der Waals surface area contributed by atoms with Gasteiger partial charge in [-0.25, -0.2) is 24.2 Å². The number of carbonyl (C=O) groups is 1. The summed E-state index contributed by atoms with van der Waals surface area (Å²) in [6, 6.07) is 7.51. The highest BCUT2D eigenvalue weighted by atomic mass is 35.5. The fourth-order valence-corrected chi connectivity index (χ4v) is 2.50. The van der Waals surface area contributed by atoms with Crippen molar-refractivity contribution in [3.05, 3.63) is 73.8 Å². The van der Waals surface area contributed by atoms with E-state index in [1.54, 1.807) is 6.07 Å².